The van der Waals surface area contributed by atoms with Crippen molar-refractivity contribution in [2.45, 2.75) is 0 Å². The summed E-state index contributed by atoms with van der Waals surface area (Å²) in [5.74, 6) is -2.75. The zero-order valence-corrected chi connectivity index (χ0v) is 8.82. The summed E-state index contributed by atoms with van der Waals surface area (Å²) in [6, 6.07) is 1.92. The van der Waals surface area contributed by atoms with E-state index in [2.05, 4.69) is 15.9 Å². The SMILES string of the molecule is O=C(CBr)c1ccc(O)c([N+](=O)[O-])c1F. The van der Waals surface area contributed by atoms with Gasteiger partial charge in [0.25, 0.3) is 0 Å². The van der Waals surface area contributed by atoms with Crippen LogP contribution < -0.4 is 0 Å². The zero-order chi connectivity index (χ0) is 11.6. The highest BCUT2D eigenvalue weighted by Gasteiger charge is 2.25. The number of Topliss-reactive ketones (excluding diaryl/α,β-unsaturated/α-hetero) is 1. The number of ketones is 1. The van der Waals surface area contributed by atoms with Crippen molar-refractivity contribution in [3.63, 3.8) is 0 Å². The normalized spacial score (nSPS) is 10.0. The van der Waals surface area contributed by atoms with Crippen LogP contribution in [-0.4, -0.2) is 21.1 Å². The van der Waals surface area contributed by atoms with Crippen LogP contribution in [0, 0.1) is 15.9 Å². The molecular formula is C8H5BrFNO4. The predicted molar refractivity (Wildman–Crippen MR) is 52.8 cm³/mol. The number of carbonyl (C=O) groups is 1. The number of nitrogens with zero attached hydrogens (tertiary/aromatic N) is 1. The quantitative estimate of drug-likeness (QED) is 0.397. The number of phenols is 1. The fourth-order valence-corrected chi connectivity index (χ4v) is 1.32. The molecule has 1 aromatic rings. The first-order chi connectivity index (χ1) is 6.99. The number of nitro benzene ring substituents is 1. The highest BCUT2D eigenvalue weighted by atomic mass is 79.9. The van der Waals surface area contributed by atoms with E-state index in [1.165, 1.54) is 0 Å². The molecule has 0 aliphatic carbocycles. The van der Waals surface area contributed by atoms with Crippen LogP contribution in [0.5, 0.6) is 5.75 Å². The van der Waals surface area contributed by atoms with Gasteiger partial charge in [0.05, 0.1) is 15.8 Å². The summed E-state index contributed by atoms with van der Waals surface area (Å²) in [6.07, 6.45) is 0. The van der Waals surface area contributed by atoms with Crippen molar-refractivity contribution >= 4 is 27.4 Å². The Balaban J connectivity index is 3.41. The van der Waals surface area contributed by atoms with Crippen molar-refractivity contribution in [1.29, 1.82) is 0 Å². The van der Waals surface area contributed by atoms with Crippen LogP contribution in [0.15, 0.2) is 12.1 Å². The second kappa shape index (κ2) is 4.35. The molecule has 0 fully saturated rings. The number of aromatic hydroxyl groups is 1. The highest BCUT2D eigenvalue weighted by molar-refractivity contribution is 9.09. The van der Waals surface area contributed by atoms with Crippen molar-refractivity contribution in [3.8, 4) is 5.75 Å². The number of rotatable bonds is 3. The third-order valence-electron chi connectivity index (χ3n) is 1.70. The predicted octanol–water partition coefficient (Wildman–Crippen LogP) is 2.02. The van der Waals surface area contributed by atoms with Gasteiger partial charge < -0.3 is 5.11 Å². The standard InChI is InChI=1S/C8H5BrFNO4/c9-3-6(13)4-1-2-5(12)8(7(4)10)11(14)15/h1-2,12H,3H2. The number of hydrogen-bond donors (Lipinski definition) is 1. The van der Waals surface area contributed by atoms with E-state index in [1.54, 1.807) is 0 Å². The third-order valence-corrected chi connectivity index (χ3v) is 2.21. The van der Waals surface area contributed by atoms with E-state index in [4.69, 9.17) is 5.11 Å². The van der Waals surface area contributed by atoms with Crippen LogP contribution in [0.2, 0.25) is 0 Å². The topological polar surface area (TPSA) is 80.4 Å². The van der Waals surface area contributed by atoms with Gasteiger partial charge in [-0.05, 0) is 12.1 Å². The molecule has 0 radical (unpaired) electrons. The summed E-state index contributed by atoms with van der Waals surface area (Å²) < 4.78 is 13.4. The monoisotopic (exact) mass is 277 g/mol. The van der Waals surface area contributed by atoms with E-state index in [9.17, 15) is 19.3 Å². The lowest BCUT2D eigenvalue weighted by Gasteiger charge is -2.01. The zero-order valence-electron chi connectivity index (χ0n) is 7.24. The van der Waals surface area contributed by atoms with Crippen molar-refractivity contribution in [1.82, 2.24) is 0 Å². The van der Waals surface area contributed by atoms with Crippen LogP contribution in [0.3, 0.4) is 0 Å². The molecule has 1 rings (SSSR count). The van der Waals surface area contributed by atoms with Crippen LogP contribution in [0.25, 0.3) is 0 Å². The van der Waals surface area contributed by atoms with E-state index in [0.717, 1.165) is 12.1 Å². The van der Waals surface area contributed by atoms with Crippen molar-refractivity contribution in [3.05, 3.63) is 33.6 Å². The lowest BCUT2D eigenvalue weighted by atomic mass is 10.1. The van der Waals surface area contributed by atoms with Gasteiger partial charge in [0.15, 0.2) is 11.5 Å². The Morgan fingerprint density at radius 1 is 1.60 bits per heavy atom. The first kappa shape index (κ1) is 11.6. The van der Waals surface area contributed by atoms with Gasteiger partial charge >= 0.3 is 5.69 Å². The van der Waals surface area contributed by atoms with E-state index >= 15 is 0 Å². The van der Waals surface area contributed by atoms with Gasteiger partial charge in [-0.25, -0.2) is 0 Å². The molecule has 0 aliphatic rings. The molecule has 0 saturated carbocycles. The molecule has 0 bridgehead atoms. The molecule has 1 N–H and O–H groups in total. The van der Waals surface area contributed by atoms with Gasteiger partial charge in [-0.3, -0.25) is 14.9 Å². The molecule has 1 aromatic carbocycles. The second-order valence-corrected chi connectivity index (χ2v) is 3.17. The van der Waals surface area contributed by atoms with E-state index < -0.39 is 33.5 Å². The van der Waals surface area contributed by atoms with Crippen LogP contribution in [0.4, 0.5) is 10.1 Å². The average Bonchev–Trinajstić information content (AvgIpc) is 2.16. The largest absolute Gasteiger partial charge is 0.502 e. The molecule has 0 spiro atoms. The number of benzene rings is 1. The van der Waals surface area contributed by atoms with Crippen molar-refractivity contribution < 1.29 is 19.2 Å². The fraction of sp³-hybridized carbons (Fsp3) is 0.125. The average molecular weight is 278 g/mol. The Bertz CT molecular complexity index is 435. The minimum absolute atomic E-state index is 0.147. The van der Waals surface area contributed by atoms with Crippen LogP contribution in [0.1, 0.15) is 10.4 Å². The first-order valence-electron chi connectivity index (χ1n) is 3.74. The Hall–Kier alpha value is -1.50. The number of alkyl halides is 1. The lowest BCUT2D eigenvalue weighted by Crippen LogP contribution is -2.06. The Labute approximate surface area is 91.8 Å². The molecule has 5 nitrogen and oxygen atoms in total. The molecule has 7 heteroatoms. The molecule has 0 aromatic heterocycles. The van der Waals surface area contributed by atoms with Crippen molar-refractivity contribution in [2.75, 3.05) is 5.33 Å². The van der Waals surface area contributed by atoms with E-state index in [1.807, 2.05) is 0 Å². The number of halogens is 2. The Morgan fingerprint density at radius 2 is 2.20 bits per heavy atom. The smallest absolute Gasteiger partial charge is 0.346 e. The number of phenolic OH excluding ortho intramolecular Hbond substituents is 1. The van der Waals surface area contributed by atoms with Crippen LogP contribution >= 0.6 is 15.9 Å². The summed E-state index contributed by atoms with van der Waals surface area (Å²) in [7, 11) is 0. The number of hydrogen-bond acceptors (Lipinski definition) is 4. The van der Waals surface area contributed by atoms with Gasteiger partial charge in [0.1, 0.15) is 0 Å². The minimum atomic E-state index is -1.32. The summed E-state index contributed by atoms with van der Waals surface area (Å²) in [6.45, 7) is 0. The maximum Gasteiger partial charge on any atom is 0.346 e. The molecule has 0 atom stereocenters. The van der Waals surface area contributed by atoms with Gasteiger partial charge in [-0.2, -0.15) is 4.39 Å². The summed E-state index contributed by atoms with van der Waals surface area (Å²) in [4.78, 5) is 20.4. The Morgan fingerprint density at radius 3 is 2.67 bits per heavy atom. The van der Waals surface area contributed by atoms with Gasteiger partial charge in [0, 0.05) is 0 Å². The lowest BCUT2D eigenvalue weighted by molar-refractivity contribution is -0.388. The Kier molecular flexibility index (Phi) is 3.35. The fourth-order valence-electron chi connectivity index (χ4n) is 1.02. The molecular weight excluding hydrogens is 273 g/mol. The van der Waals surface area contributed by atoms with Gasteiger partial charge in [-0.1, -0.05) is 15.9 Å². The van der Waals surface area contributed by atoms with Crippen molar-refractivity contribution in [2.24, 2.45) is 0 Å². The first-order valence-corrected chi connectivity index (χ1v) is 4.86. The second-order valence-electron chi connectivity index (χ2n) is 2.61. The summed E-state index contributed by atoms with van der Waals surface area (Å²) in [5, 5.41) is 19.3. The molecule has 0 unspecified atom stereocenters. The molecule has 80 valence electrons. The molecule has 15 heavy (non-hydrogen) atoms. The molecule has 0 aliphatic heterocycles. The molecule has 0 heterocycles. The van der Waals surface area contributed by atoms with Gasteiger partial charge in [0.2, 0.25) is 5.82 Å². The number of carbonyl (C=O) groups excluding carboxylic acids is 1. The maximum absolute atomic E-state index is 13.4. The number of nitro groups is 1. The third kappa shape index (κ3) is 2.12. The van der Waals surface area contributed by atoms with E-state index in [0.29, 0.717) is 0 Å². The molecule has 0 amide bonds. The van der Waals surface area contributed by atoms with Gasteiger partial charge in [-0.15, -0.1) is 0 Å². The summed E-state index contributed by atoms with van der Waals surface area (Å²) >= 11 is 2.82. The minimum Gasteiger partial charge on any atom is -0.502 e. The van der Waals surface area contributed by atoms with Crippen LogP contribution in [-0.2, 0) is 0 Å². The summed E-state index contributed by atoms with van der Waals surface area (Å²) in [5.41, 5.74) is -1.50. The molecule has 0 saturated heterocycles. The van der Waals surface area contributed by atoms with E-state index in [-0.39, 0.29) is 5.33 Å². The highest BCUT2D eigenvalue weighted by Crippen LogP contribution is 2.31. The maximum atomic E-state index is 13.4.